The summed E-state index contributed by atoms with van der Waals surface area (Å²) in [5.41, 5.74) is 0. The fourth-order valence-corrected chi connectivity index (χ4v) is 2.84. The predicted molar refractivity (Wildman–Crippen MR) is 85.0 cm³/mol. The number of carbonyl (C=O) groups excluding carboxylic acids is 2. The first-order chi connectivity index (χ1) is 9.92. The van der Waals surface area contributed by atoms with Gasteiger partial charge in [-0.25, -0.2) is 0 Å². The van der Waals surface area contributed by atoms with Crippen LogP contribution in [-0.4, -0.2) is 48.4 Å². The Labute approximate surface area is 128 Å². The largest absolute Gasteiger partial charge is 0.353 e. The molecule has 0 heterocycles. The van der Waals surface area contributed by atoms with Crippen LogP contribution in [0.3, 0.4) is 0 Å². The smallest absolute Gasteiger partial charge is 0.234 e. The van der Waals surface area contributed by atoms with Crippen molar-refractivity contribution in [3.63, 3.8) is 0 Å². The Bertz CT molecular complexity index is 344. The molecule has 0 aromatic rings. The highest BCUT2D eigenvalue weighted by Gasteiger charge is 2.23. The van der Waals surface area contributed by atoms with Gasteiger partial charge in [0.25, 0.3) is 0 Å². The van der Waals surface area contributed by atoms with E-state index < -0.39 is 0 Å². The number of hydrogen-bond donors (Lipinski definition) is 2. The maximum Gasteiger partial charge on any atom is 0.234 e. The lowest BCUT2D eigenvalue weighted by Gasteiger charge is -2.30. The number of nitrogens with one attached hydrogen (secondary N) is 2. The van der Waals surface area contributed by atoms with Crippen molar-refractivity contribution in [2.24, 2.45) is 5.92 Å². The third-order valence-electron chi connectivity index (χ3n) is 4.09. The zero-order chi connectivity index (χ0) is 15.8. The first kappa shape index (κ1) is 18.0. The molecule has 0 saturated heterocycles. The molecule has 1 rings (SSSR count). The van der Waals surface area contributed by atoms with Crippen molar-refractivity contribution in [3.8, 4) is 0 Å². The molecule has 1 aliphatic carbocycles. The van der Waals surface area contributed by atoms with Crippen LogP contribution in [0.1, 0.15) is 53.4 Å². The normalized spacial score (nSPS) is 22.4. The first-order valence-corrected chi connectivity index (χ1v) is 8.23. The molecule has 0 spiro atoms. The monoisotopic (exact) mass is 297 g/mol. The average Bonchev–Trinajstić information content (AvgIpc) is 2.39. The number of carbonyl (C=O) groups is 2. The molecule has 2 amide bonds. The van der Waals surface area contributed by atoms with Gasteiger partial charge in [-0.2, -0.15) is 0 Å². The Balaban J connectivity index is 2.37. The maximum atomic E-state index is 12.1. The van der Waals surface area contributed by atoms with Gasteiger partial charge in [-0.3, -0.25) is 14.5 Å². The molecule has 0 aromatic carbocycles. The van der Waals surface area contributed by atoms with E-state index in [1.165, 1.54) is 19.3 Å². The summed E-state index contributed by atoms with van der Waals surface area (Å²) in [4.78, 5) is 25.8. The van der Waals surface area contributed by atoms with Gasteiger partial charge in [0.15, 0.2) is 0 Å². The third kappa shape index (κ3) is 6.93. The molecule has 0 unspecified atom stereocenters. The highest BCUT2D eigenvalue weighted by atomic mass is 16.2. The van der Waals surface area contributed by atoms with Gasteiger partial charge < -0.3 is 10.6 Å². The van der Waals surface area contributed by atoms with Crippen LogP contribution in [0.5, 0.6) is 0 Å². The van der Waals surface area contributed by atoms with E-state index in [0.29, 0.717) is 25.0 Å². The van der Waals surface area contributed by atoms with Crippen LogP contribution >= 0.6 is 0 Å². The van der Waals surface area contributed by atoms with Crippen molar-refractivity contribution in [2.75, 3.05) is 19.6 Å². The highest BCUT2D eigenvalue weighted by molar-refractivity contribution is 5.81. The lowest BCUT2D eigenvalue weighted by Crippen LogP contribution is -2.48. The molecular weight excluding hydrogens is 266 g/mol. The van der Waals surface area contributed by atoms with Crippen molar-refractivity contribution in [2.45, 2.75) is 65.5 Å². The first-order valence-electron chi connectivity index (χ1n) is 8.23. The van der Waals surface area contributed by atoms with Gasteiger partial charge in [-0.15, -0.1) is 0 Å². The fraction of sp³-hybridized carbons (Fsp3) is 0.875. The second-order valence-electron chi connectivity index (χ2n) is 6.46. The third-order valence-corrected chi connectivity index (χ3v) is 4.09. The fourth-order valence-electron chi connectivity index (χ4n) is 2.84. The second-order valence-corrected chi connectivity index (χ2v) is 6.46. The number of likely N-dealkylation sites (N-methyl/N-ethyl adjacent to an activating group) is 1. The van der Waals surface area contributed by atoms with Crippen LogP contribution in [0.15, 0.2) is 0 Å². The van der Waals surface area contributed by atoms with E-state index in [9.17, 15) is 9.59 Å². The molecule has 5 heteroatoms. The summed E-state index contributed by atoms with van der Waals surface area (Å²) < 4.78 is 0. The summed E-state index contributed by atoms with van der Waals surface area (Å²) in [6.07, 6.45) is 4.74. The number of nitrogens with zero attached hydrogens (tertiary/aromatic N) is 1. The topological polar surface area (TPSA) is 61.4 Å². The van der Waals surface area contributed by atoms with Crippen LogP contribution in [-0.2, 0) is 9.59 Å². The van der Waals surface area contributed by atoms with Crippen LogP contribution in [0.4, 0.5) is 0 Å². The van der Waals surface area contributed by atoms with Crippen LogP contribution in [0, 0.1) is 5.92 Å². The molecule has 1 saturated carbocycles. The zero-order valence-electron chi connectivity index (χ0n) is 13.9. The van der Waals surface area contributed by atoms with Gasteiger partial charge in [0, 0.05) is 12.1 Å². The Kier molecular flexibility index (Phi) is 7.72. The molecule has 0 bridgehead atoms. The minimum atomic E-state index is -0.0225. The molecule has 0 aromatic heterocycles. The van der Waals surface area contributed by atoms with E-state index in [1.807, 2.05) is 25.7 Å². The van der Waals surface area contributed by atoms with Gasteiger partial charge in [-0.1, -0.05) is 26.7 Å². The molecule has 21 heavy (non-hydrogen) atoms. The molecule has 0 radical (unpaired) electrons. The van der Waals surface area contributed by atoms with E-state index in [2.05, 4.69) is 17.6 Å². The summed E-state index contributed by atoms with van der Waals surface area (Å²) in [6, 6.07) is 0.433. The average molecular weight is 297 g/mol. The van der Waals surface area contributed by atoms with Crippen LogP contribution in [0.2, 0.25) is 0 Å². The Morgan fingerprint density at radius 3 is 2.33 bits per heavy atom. The Morgan fingerprint density at radius 2 is 1.76 bits per heavy atom. The second kappa shape index (κ2) is 9.03. The maximum absolute atomic E-state index is 12.1. The molecule has 0 aliphatic heterocycles. The summed E-state index contributed by atoms with van der Waals surface area (Å²) in [5, 5.41) is 5.99. The number of rotatable bonds is 7. The molecule has 2 N–H and O–H groups in total. The molecule has 1 fully saturated rings. The van der Waals surface area contributed by atoms with E-state index >= 15 is 0 Å². The van der Waals surface area contributed by atoms with Crippen molar-refractivity contribution in [3.05, 3.63) is 0 Å². The molecule has 2 atom stereocenters. The van der Waals surface area contributed by atoms with Gasteiger partial charge in [0.05, 0.1) is 13.1 Å². The van der Waals surface area contributed by atoms with Crippen molar-refractivity contribution >= 4 is 11.8 Å². The Morgan fingerprint density at radius 1 is 1.14 bits per heavy atom. The molecule has 1 aliphatic rings. The Hall–Kier alpha value is -1.10. The predicted octanol–water partition coefficient (Wildman–Crippen LogP) is 1.53. The summed E-state index contributed by atoms with van der Waals surface area (Å²) in [6.45, 7) is 9.32. The minimum Gasteiger partial charge on any atom is -0.353 e. The van der Waals surface area contributed by atoms with E-state index in [1.54, 1.807) is 0 Å². The summed E-state index contributed by atoms with van der Waals surface area (Å²) >= 11 is 0. The van der Waals surface area contributed by atoms with Crippen LogP contribution in [0.25, 0.3) is 0 Å². The van der Waals surface area contributed by atoms with Gasteiger partial charge in [-0.05, 0) is 39.2 Å². The quantitative estimate of drug-likeness (QED) is 0.749. The highest BCUT2D eigenvalue weighted by Crippen LogP contribution is 2.23. The number of hydrogen-bond acceptors (Lipinski definition) is 3. The SMILES string of the molecule is CCN(CC(=O)NC(C)C)CC(=O)N[C@H]1CCCC[C@@H]1C. The van der Waals surface area contributed by atoms with Crippen molar-refractivity contribution in [1.82, 2.24) is 15.5 Å². The van der Waals surface area contributed by atoms with E-state index in [4.69, 9.17) is 0 Å². The molecule has 5 nitrogen and oxygen atoms in total. The standard InChI is InChI=1S/C16H31N3O2/c1-5-19(10-15(20)17-12(2)3)11-16(21)18-14-9-7-6-8-13(14)4/h12-14H,5-11H2,1-4H3,(H,17,20)(H,18,21)/t13-,14-/m0/s1. The van der Waals surface area contributed by atoms with Gasteiger partial charge >= 0.3 is 0 Å². The molecular formula is C16H31N3O2. The lowest BCUT2D eigenvalue weighted by molar-refractivity contribution is -0.126. The van der Waals surface area contributed by atoms with Crippen LogP contribution < -0.4 is 10.6 Å². The van der Waals surface area contributed by atoms with Gasteiger partial charge in [0.1, 0.15) is 0 Å². The summed E-state index contributed by atoms with van der Waals surface area (Å²) in [7, 11) is 0. The van der Waals surface area contributed by atoms with E-state index in [0.717, 1.165) is 6.42 Å². The lowest BCUT2D eigenvalue weighted by atomic mass is 9.86. The molecule has 122 valence electrons. The van der Waals surface area contributed by atoms with Crippen molar-refractivity contribution < 1.29 is 9.59 Å². The van der Waals surface area contributed by atoms with Gasteiger partial charge in [0.2, 0.25) is 11.8 Å². The van der Waals surface area contributed by atoms with Crippen molar-refractivity contribution in [1.29, 1.82) is 0 Å². The minimum absolute atomic E-state index is 0.0225. The number of amides is 2. The zero-order valence-corrected chi connectivity index (χ0v) is 13.9. The summed E-state index contributed by atoms with van der Waals surface area (Å²) in [5.74, 6) is 0.570. The van der Waals surface area contributed by atoms with E-state index in [-0.39, 0.29) is 24.4 Å².